The molecule has 0 saturated heterocycles. The molecule has 1 nitrogen and oxygen atoms in total. The summed E-state index contributed by atoms with van der Waals surface area (Å²) in [5.74, 6) is -0.459. The highest BCUT2D eigenvalue weighted by Gasteiger charge is 2.13. The van der Waals surface area contributed by atoms with Crippen molar-refractivity contribution in [1.29, 1.82) is 0 Å². The van der Waals surface area contributed by atoms with Crippen LogP contribution in [0.4, 0.5) is 4.39 Å². The Balaban J connectivity index is 2.23. The Labute approximate surface area is 121 Å². The second kappa shape index (κ2) is 5.91. The van der Waals surface area contributed by atoms with Gasteiger partial charge in [-0.15, -0.1) is 0 Å². The van der Waals surface area contributed by atoms with Gasteiger partial charge in [0.25, 0.3) is 0 Å². The predicted octanol–water partition coefficient (Wildman–Crippen LogP) is 4.72. The monoisotopic (exact) mass is 298 g/mol. The first-order valence-electron chi connectivity index (χ1n) is 5.86. The van der Waals surface area contributed by atoms with Crippen LogP contribution in [0.2, 0.25) is 10.0 Å². The smallest absolute Gasteiger partial charge is 0.141 e. The highest BCUT2D eigenvalue weighted by molar-refractivity contribution is 6.31. The van der Waals surface area contributed by atoms with Gasteiger partial charge in [-0.1, -0.05) is 41.4 Å². The molecule has 0 aliphatic heterocycles. The molecule has 1 unspecified atom stereocenters. The summed E-state index contributed by atoms with van der Waals surface area (Å²) in [4.78, 5) is 0. The van der Waals surface area contributed by atoms with Gasteiger partial charge < -0.3 is 5.11 Å². The minimum Gasteiger partial charge on any atom is -0.388 e. The minimum atomic E-state index is -0.694. The molecule has 0 amide bonds. The first-order chi connectivity index (χ1) is 8.99. The molecule has 19 heavy (non-hydrogen) atoms. The van der Waals surface area contributed by atoms with Crippen molar-refractivity contribution in [1.82, 2.24) is 0 Å². The van der Waals surface area contributed by atoms with Crippen LogP contribution in [0.3, 0.4) is 0 Å². The largest absolute Gasteiger partial charge is 0.388 e. The molecule has 1 atom stereocenters. The molecule has 0 aromatic heterocycles. The summed E-state index contributed by atoms with van der Waals surface area (Å²) >= 11 is 11.7. The van der Waals surface area contributed by atoms with Crippen LogP contribution in [0.25, 0.3) is 0 Å². The fourth-order valence-corrected chi connectivity index (χ4v) is 2.37. The molecule has 2 aromatic rings. The van der Waals surface area contributed by atoms with Crippen molar-refractivity contribution < 1.29 is 9.50 Å². The van der Waals surface area contributed by atoms with Gasteiger partial charge in [-0.05, 0) is 41.8 Å². The van der Waals surface area contributed by atoms with Crippen LogP contribution in [0.1, 0.15) is 22.8 Å². The second-order valence-electron chi connectivity index (χ2n) is 4.42. The molecule has 1 N–H and O–H groups in total. The lowest BCUT2D eigenvalue weighted by molar-refractivity contribution is 0.177. The molecule has 0 aliphatic rings. The van der Waals surface area contributed by atoms with Gasteiger partial charge in [0, 0.05) is 11.4 Å². The third-order valence-electron chi connectivity index (χ3n) is 3.08. The van der Waals surface area contributed by atoms with Crippen LogP contribution in [0.15, 0.2) is 36.4 Å². The molecule has 0 bridgehead atoms. The number of aliphatic hydroxyl groups excluding tert-OH is 1. The average Bonchev–Trinajstić information content (AvgIpc) is 2.37. The van der Waals surface area contributed by atoms with E-state index in [0.717, 1.165) is 16.7 Å². The fraction of sp³-hybridized carbons (Fsp3) is 0.200. The lowest BCUT2D eigenvalue weighted by Crippen LogP contribution is -2.04. The van der Waals surface area contributed by atoms with Crippen molar-refractivity contribution in [2.75, 3.05) is 0 Å². The quantitative estimate of drug-likeness (QED) is 0.869. The van der Waals surface area contributed by atoms with Crippen LogP contribution in [-0.4, -0.2) is 5.11 Å². The molecule has 2 rings (SSSR count). The van der Waals surface area contributed by atoms with Gasteiger partial charge in [-0.25, -0.2) is 4.39 Å². The maximum Gasteiger partial charge on any atom is 0.141 e. The summed E-state index contributed by atoms with van der Waals surface area (Å²) in [6, 6.07) is 9.85. The normalized spacial score (nSPS) is 12.5. The van der Waals surface area contributed by atoms with E-state index in [1.165, 1.54) is 12.1 Å². The van der Waals surface area contributed by atoms with Crippen molar-refractivity contribution in [3.8, 4) is 0 Å². The highest BCUT2D eigenvalue weighted by atomic mass is 35.5. The van der Waals surface area contributed by atoms with Crippen LogP contribution >= 0.6 is 23.2 Å². The summed E-state index contributed by atoms with van der Waals surface area (Å²) in [7, 11) is 0. The van der Waals surface area contributed by atoms with E-state index in [1.54, 1.807) is 18.2 Å². The molecule has 0 saturated carbocycles. The third-order valence-corrected chi connectivity index (χ3v) is 3.78. The van der Waals surface area contributed by atoms with Gasteiger partial charge in [-0.3, -0.25) is 0 Å². The topological polar surface area (TPSA) is 20.2 Å². The van der Waals surface area contributed by atoms with E-state index < -0.39 is 11.9 Å². The van der Waals surface area contributed by atoms with Gasteiger partial charge >= 0.3 is 0 Å². The zero-order valence-electron chi connectivity index (χ0n) is 10.3. The van der Waals surface area contributed by atoms with Crippen LogP contribution in [-0.2, 0) is 6.42 Å². The molecular formula is C15H13Cl2FO. The van der Waals surface area contributed by atoms with Crippen molar-refractivity contribution in [2.45, 2.75) is 19.4 Å². The standard InChI is InChI=1S/C15H13Cl2FO/c1-9-11(3-2-4-12(9)16)15(19)8-10-5-6-14(18)13(17)7-10/h2-7,15,19H,8H2,1H3. The van der Waals surface area contributed by atoms with Crippen molar-refractivity contribution in [3.63, 3.8) is 0 Å². The highest BCUT2D eigenvalue weighted by Crippen LogP contribution is 2.27. The van der Waals surface area contributed by atoms with E-state index in [0.29, 0.717) is 11.4 Å². The molecule has 100 valence electrons. The fourth-order valence-electron chi connectivity index (χ4n) is 1.98. The molecule has 2 aromatic carbocycles. The Bertz CT molecular complexity index is 599. The van der Waals surface area contributed by atoms with E-state index in [-0.39, 0.29) is 5.02 Å². The number of hydrogen-bond acceptors (Lipinski definition) is 1. The Morgan fingerprint density at radius 2 is 1.89 bits per heavy atom. The first-order valence-corrected chi connectivity index (χ1v) is 6.61. The number of rotatable bonds is 3. The predicted molar refractivity (Wildman–Crippen MR) is 76.3 cm³/mol. The van der Waals surface area contributed by atoms with Crippen molar-refractivity contribution >= 4 is 23.2 Å². The van der Waals surface area contributed by atoms with Gasteiger partial charge in [0.05, 0.1) is 11.1 Å². The number of aliphatic hydroxyl groups is 1. The molecule has 0 spiro atoms. The van der Waals surface area contributed by atoms with E-state index in [2.05, 4.69) is 0 Å². The SMILES string of the molecule is Cc1c(Cl)cccc1C(O)Cc1ccc(F)c(Cl)c1. The van der Waals surface area contributed by atoms with E-state index in [1.807, 2.05) is 13.0 Å². The molecule has 0 fully saturated rings. The van der Waals surface area contributed by atoms with Gasteiger partial charge in [0.15, 0.2) is 0 Å². The first kappa shape index (κ1) is 14.3. The maximum atomic E-state index is 13.1. The summed E-state index contributed by atoms with van der Waals surface area (Å²) in [6.07, 6.45) is -0.332. The molecule has 0 heterocycles. The van der Waals surface area contributed by atoms with Crippen molar-refractivity contribution in [3.05, 3.63) is 69.0 Å². The average molecular weight is 299 g/mol. The molecule has 4 heteroatoms. The minimum absolute atomic E-state index is 0.0625. The Kier molecular flexibility index (Phi) is 4.46. The van der Waals surface area contributed by atoms with E-state index in [4.69, 9.17) is 23.2 Å². The number of benzene rings is 2. The summed E-state index contributed by atoms with van der Waals surface area (Å²) in [6.45, 7) is 1.86. The zero-order chi connectivity index (χ0) is 14.0. The van der Waals surface area contributed by atoms with Gasteiger partial charge in [-0.2, -0.15) is 0 Å². The van der Waals surface area contributed by atoms with Crippen LogP contribution < -0.4 is 0 Å². The molecule has 0 aliphatic carbocycles. The number of halogens is 3. The molecule has 0 radical (unpaired) electrons. The molecular weight excluding hydrogens is 286 g/mol. The Hall–Kier alpha value is -1.09. The van der Waals surface area contributed by atoms with E-state index in [9.17, 15) is 9.50 Å². The lowest BCUT2D eigenvalue weighted by Gasteiger charge is -2.15. The summed E-state index contributed by atoms with van der Waals surface area (Å²) in [5.41, 5.74) is 2.40. The summed E-state index contributed by atoms with van der Waals surface area (Å²) < 4.78 is 13.1. The summed E-state index contributed by atoms with van der Waals surface area (Å²) in [5, 5.41) is 10.9. The second-order valence-corrected chi connectivity index (χ2v) is 5.24. The Morgan fingerprint density at radius 1 is 1.16 bits per heavy atom. The van der Waals surface area contributed by atoms with Crippen LogP contribution in [0.5, 0.6) is 0 Å². The third kappa shape index (κ3) is 3.27. The Morgan fingerprint density at radius 3 is 2.58 bits per heavy atom. The number of hydrogen-bond donors (Lipinski definition) is 1. The van der Waals surface area contributed by atoms with Gasteiger partial charge in [0.2, 0.25) is 0 Å². The maximum absolute atomic E-state index is 13.1. The lowest BCUT2D eigenvalue weighted by atomic mass is 9.98. The zero-order valence-corrected chi connectivity index (χ0v) is 11.8. The van der Waals surface area contributed by atoms with Gasteiger partial charge in [0.1, 0.15) is 5.82 Å². The van der Waals surface area contributed by atoms with E-state index >= 15 is 0 Å². The van der Waals surface area contributed by atoms with Crippen LogP contribution in [0, 0.1) is 12.7 Å². The van der Waals surface area contributed by atoms with Crippen molar-refractivity contribution in [2.24, 2.45) is 0 Å².